The van der Waals surface area contributed by atoms with E-state index in [0.717, 1.165) is 17.8 Å². The third-order valence-corrected chi connectivity index (χ3v) is 5.73. The summed E-state index contributed by atoms with van der Waals surface area (Å²) in [5.41, 5.74) is 1.58. The fourth-order valence-corrected chi connectivity index (χ4v) is 4.84. The van der Waals surface area contributed by atoms with E-state index >= 15 is 0 Å². The Kier molecular flexibility index (Phi) is 4.59. The summed E-state index contributed by atoms with van der Waals surface area (Å²) in [4.78, 5) is 2.11. The first-order valence-corrected chi connectivity index (χ1v) is 8.35. The van der Waals surface area contributed by atoms with Crippen LogP contribution in [0.25, 0.3) is 0 Å². The number of alkyl halides is 1. The number of halogens is 1. The van der Waals surface area contributed by atoms with Crippen LogP contribution in [0.5, 0.6) is 0 Å². The second-order valence-corrected chi connectivity index (χ2v) is 7.87. The second kappa shape index (κ2) is 5.79. The molecule has 2 heteroatoms. The predicted molar refractivity (Wildman–Crippen MR) is 81.2 cm³/mol. The van der Waals surface area contributed by atoms with Crippen LogP contribution in [0.2, 0.25) is 0 Å². The van der Waals surface area contributed by atoms with E-state index in [1.54, 1.807) is 5.56 Å². The Labute approximate surface area is 118 Å². The lowest BCUT2D eigenvalue weighted by atomic mass is 9.82. The minimum atomic E-state index is 0.611. The molecule has 94 valence electrons. The van der Waals surface area contributed by atoms with Crippen molar-refractivity contribution in [2.45, 2.75) is 42.8 Å². The lowest BCUT2D eigenvalue weighted by molar-refractivity contribution is 0.342. The summed E-state index contributed by atoms with van der Waals surface area (Å²) in [7, 11) is 0. The van der Waals surface area contributed by atoms with Gasteiger partial charge in [0.2, 0.25) is 0 Å². The number of rotatable bonds is 4. The van der Waals surface area contributed by atoms with Gasteiger partial charge in [-0.05, 0) is 35.8 Å². The highest BCUT2D eigenvalue weighted by Gasteiger charge is 2.28. The minimum Gasteiger partial charge on any atom is -0.125 e. The topological polar surface area (TPSA) is 0 Å². The number of fused-ring (bicyclic) bond motifs is 1. The van der Waals surface area contributed by atoms with Crippen molar-refractivity contribution in [3.8, 4) is 0 Å². The molecule has 17 heavy (non-hydrogen) atoms. The van der Waals surface area contributed by atoms with E-state index in [9.17, 15) is 0 Å². The molecular formula is C15H21BrS. The number of hydrogen-bond acceptors (Lipinski definition) is 1. The molecule has 0 saturated heterocycles. The Hall–Kier alpha value is 0.0500. The second-order valence-electron chi connectivity index (χ2n) is 5.37. The standard InChI is InChI=1S/C15H21BrS/c1-10(2)14(11(3)16)8-12-9-17-15-7-5-4-6-13(12)15/h4-7,10-12,14H,8-9H2,1-3H3. The molecule has 1 aromatic rings. The molecule has 0 radical (unpaired) electrons. The molecule has 1 aliphatic heterocycles. The van der Waals surface area contributed by atoms with Gasteiger partial charge in [0.25, 0.3) is 0 Å². The van der Waals surface area contributed by atoms with Crippen molar-refractivity contribution in [1.82, 2.24) is 0 Å². The Morgan fingerprint density at radius 3 is 2.65 bits per heavy atom. The smallest absolute Gasteiger partial charge is 0.0148 e. The average molecular weight is 313 g/mol. The maximum atomic E-state index is 3.78. The normalized spacial score (nSPS) is 22.5. The zero-order valence-electron chi connectivity index (χ0n) is 10.8. The third kappa shape index (κ3) is 3.08. The van der Waals surface area contributed by atoms with Gasteiger partial charge in [-0.25, -0.2) is 0 Å². The first-order chi connectivity index (χ1) is 8.09. The molecule has 0 saturated carbocycles. The third-order valence-electron chi connectivity index (χ3n) is 3.80. The molecule has 3 unspecified atom stereocenters. The first-order valence-electron chi connectivity index (χ1n) is 6.45. The molecule has 0 fully saturated rings. The van der Waals surface area contributed by atoms with Crippen molar-refractivity contribution >= 4 is 27.7 Å². The summed E-state index contributed by atoms with van der Waals surface area (Å²) in [6.45, 7) is 6.98. The molecular weight excluding hydrogens is 292 g/mol. The SMILES string of the molecule is CC(C)C(CC1CSc2ccccc21)C(C)Br. The van der Waals surface area contributed by atoms with Gasteiger partial charge >= 0.3 is 0 Å². The molecule has 0 N–H and O–H groups in total. The maximum Gasteiger partial charge on any atom is 0.0148 e. The van der Waals surface area contributed by atoms with E-state index in [1.807, 2.05) is 11.8 Å². The summed E-state index contributed by atoms with van der Waals surface area (Å²) in [6.07, 6.45) is 1.31. The molecule has 0 bridgehead atoms. The van der Waals surface area contributed by atoms with Crippen LogP contribution in [-0.2, 0) is 0 Å². The van der Waals surface area contributed by atoms with Crippen LogP contribution in [0.1, 0.15) is 38.7 Å². The van der Waals surface area contributed by atoms with Crippen molar-refractivity contribution in [3.63, 3.8) is 0 Å². The lowest BCUT2D eigenvalue weighted by Crippen LogP contribution is -2.20. The number of benzene rings is 1. The van der Waals surface area contributed by atoms with Gasteiger partial charge in [-0.2, -0.15) is 0 Å². The largest absolute Gasteiger partial charge is 0.125 e. The molecule has 1 aliphatic rings. The van der Waals surface area contributed by atoms with Crippen LogP contribution >= 0.6 is 27.7 Å². The fraction of sp³-hybridized carbons (Fsp3) is 0.600. The molecule has 1 heterocycles. The zero-order valence-corrected chi connectivity index (χ0v) is 13.2. The Bertz CT molecular complexity index is 365. The average Bonchev–Trinajstić information content (AvgIpc) is 2.68. The van der Waals surface area contributed by atoms with E-state index in [2.05, 4.69) is 61.0 Å². The highest BCUT2D eigenvalue weighted by molar-refractivity contribution is 9.09. The van der Waals surface area contributed by atoms with Crippen molar-refractivity contribution < 1.29 is 0 Å². The summed E-state index contributed by atoms with van der Waals surface area (Å²) in [6, 6.07) is 8.92. The molecule has 0 amide bonds. The van der Waals surface area contributed by atoms with Gasteiger partial charge in [0.15, 0.2) is 0 Å². The van der Waals surface area contributed by atoms with Gasteiger partial charge in [-0.3, -0.25) is 0 Å². The monoisotopic (exact) mass is 312 g/mol. The van der Waals surface area contributed by atoms with E-state index in [-0.39, 0.29) is 0 Å². The van der Waals surface area contributed by atoms with Crippen molar-refractivity contribution in [1.29, 1.82) is 0 Å². The van der Waals surface area contributed by atoms with Gasteiger partial charge in [0.1, 0.15) is 0 Å². The van der Waals surface area contributed by atoms with Crippen molar-refractivity contribution in [2.24, 2.45) is 11.8 Å². The zero-order chi connectivity index (χ0) is 12.4. The molecule has 0 aromatic heterocycles. The highest BCUT2D eigenvalue weighted by Crippen LogP contribution is 2.44. The van der Waals surface area contributed by atoms with Gasteiger partial charge in [-0.15, -0.1) is 11.8 Å². The highest BCUT2D eigenvalue weighted by atomic mass is 79.9. The summed E-state index contributed by atoms with van der Waals surface area (Å²) >= 11 is 5.81. The molecule has 0 aliphatic carbocycles. The molecule has 0 nitrogen and oxygen atoms in total. The van der Waals surface area contributed by atoms with E-state index in [0.29, 0.717) is 4.83 Å². The summed E-state index contributed by atoms with van der Waals surface area (Å²) in [5.74, 6) is 3.54. The Balaban J connectivity index is 2.10. The minimum absolute atomic E-state index is 0.611. The van der Waals surface area contributed by atoms with Crippen molar-refractivity contribution in [2.75, 3.05) is 5.75 Å². The molecule has 1 aromatic carbocycles. The quantitative estimate of drug-likeness (QED) is 0.678. The van der Waals surface area contributed by atoms with Crippen molar-refractivity contribution in [3.05, 3.63) is 29.8 Å². The summed E-state index contributed by atoms with van der Waals surface area (Å²) < 4.78 is 0. The van der Waals surface area contributed by atoms with Crippen LogP contribution in [0.15, 0.2) is 29.2 Å². The predicted octanol–water partition coefficient (Wildman–Crippen LogP) is 5.32. The fourth-order valence-electron chi connectivity index (χ4n) is 2.74. The maximum absolute atomic E-state index is 3.78. The lowest BCUT2D eigenvalue weighted by Gasteiger charge is -2.26. The van der Waals surface area contributed by atoms with Gasteiger partial charge < -0.3 is 0 Å². The van der Waals surface area contributed by atoms with Crippen LogP contribution in [-0.4, -0.2) is 10.6 Å². The van der Waals surface area contributed by atoms with Gasteiger partial charge in [-0.1, -0.05) is 54.9 Å². The first kappa shape index (κ1) is 13.5. The van der Waals surface area contributed by atoms with Crippen LogP contribution in [0.4, 0.5) is 0 Å². The Morgan fingerprint density at radius 1 is 1.29 bits per heavy atom. The molecule has 2 rings (SSSR count). The summed E-state index contributed by atoms with van der Waals surface area (Å²) in [5, 5.41) is 0. The molecule has 3 atom stereocenters. The van der Waals surface area contributed by atoms with Crippen LogP contribution in [0.3, 0.4) is 0 Å². The van der Waals surface area contributed by atoms with E-state index in [1.165, 1.54) is 17.1 Å². The number of thioether (sulfide) groups is 1. The van der Waals surface area contributed by atoms with E-state index in [4.69, 9.17) is 0 Å². The molecule has 0 spiro atoms. The van der Waals surface area contributed by atoms with Crippen LogP contribution in [0, 0.1) is 11.8 Å². The van der Waals surface area contributed by atoms with Crippen LogP contribution < -0.4 is 0 Å². The number of hydrogen-bond donors (Lipinski definition) is 0. The van der Waals surface area contributed by atoms with Gasteiger partial charge in [0, 0.05) is 15.5 Å². The van der Waals surface area contributed by atoms with Gasteiger partial charge in [0.05, 0.1) is 0 Å². The van der Waals surface area contributed by atoms with E-state index < -0.39 is 0 Å². The Morgan fingerprint density at radius 2 is 2.00 bits per heavy atom.